The Bertz CT molecular complexity index is 1010. The molecule has 2 aliphatic heterocycles. The molecule has 4 rings (SSSR count). The lowest BCUT2D eigenvalue weighted by atomic mass is 10.1. The standard InChI is InChI=1S/C26H34N4O5/c1-33-21-15-19(16-22(18-21)34-2)25(31)28-20-5-6-24(30-8-3-4-9-30)23(17-20)26(32)27-7-10-29-11-13-35-14-12-29/h5-6,15-18H,3-4,7-14H2,1-2H3,(H,27,32)(H,28,31). The van der Waals surface area contributed by atoms with E-state index in [0.717, 1.165) is 64.5 Å². The zero-order valence-electron chi connectivity index (χ0n) is 20.5. The molecule has 0 bridgehead atoms. The van der Waals surface area contributed by atoms with Crippen molar-refractivity contribution >= 4 is 23.2 Å². The molecule has 2 aliphatic rings. The molecule has 0 saturated carbocycles. The van der Waals surface area contributed by atoms with Crippen LogP contribution in [0.3, 0.4) is 0 Å². The van der Waals surface area contributed by atoms with Gasteiger partial charge in [-0.1, -0.05) is 0 Å². The summed E-state index contributed by atoms with van der Waals surface area (Å²) in [6.07, 6.45) is 2.21. The van der Waals surface area contributed by atoms with Gasteiger partial charge in [0.2, 0.25) is 0 Å². The summed E-state index contributed by atoms with van der Waals surface area (Å²) in [7, 11) is 3.08. The number of anilines is 2. The number of hydrogen-bond donors (Lipinski definition) is 2. The van der Waals surface area contributed by atoms with Gasteiger partial charge in [0.15, 0.2) is 0 Å². The summed E-state index contributed by atoms with van der Waals surface area (Å²) < 4.78 is 15.9. The number of nitrogens with zero attached hydrogens (tertiary/aromatic N) is 2. The summed E-state index contributed by atoms with van der Waals surface area (Å²) in [4.78, 5) is 30.7. The summed E-state index contributed by atoms with van der Waals surface area (Å²) in [6.45, 7) is 6.40. The fourth-order valence-corrected chi connectivity index (χ4v) is 4.42. The minimum atomic E-state index is -0.310. The minimum Gasteiger partial charge on any atom is -0.497 e. The SMILES string of the molecule is COc1cc(OC)cc(C(=O)Nc2ccc(N3CCCC3)c(C(=O)NCCN3CCOCC3)c2)c1. The Kier molecular flexibility index (Phi) is 8.44. The van der Waals surface area contributed by atoms with Gasteiger partial charge in [-0.25, -0.2) is 0 Å². The molecule has 9 nitrogen and oxygen atoms in total. The fourth-order valence-electron chi connectivity index (χ4n) is 4.42. The average Bonchev–Trinajstić information content (AvgIpc) is 3.43. The van der Waals surface area contributed by atoms with E-state index in [2.05, 4.69) is 20.4 Å². The minimum absolute atomic E-state index is 0.140. The molecule has 0 unspecified atom stereocenters. The zero-order valence-corrected chi connectivity index (χ0v) is 20.5. The molecular formula is C26H34N4O5. The van der Waals surface area contributed by atoms with Gasteiger partial charge in [0.1, 0.15) is 11.5 Å². The third-order valence-corrected chi connectivity index (χ3v) is 6.38. The van der Waals surface area contributed by atoms with E-state index < -0.39 is 0 Å². The van der Waals surface area contributed by atoms with E-state index in [4.69, 9.17) is 14.2 Å². The predicted molar refractivity (Wildman–Crippen MR) is 135 cm³/mol. The first-order valence-electron chi connectivity index (χ1n) is 12.1. The van der Waals surface area contributed by atoms with E-state index in [1.165, 1.54) is 14.2 Å². The number of nitrogens with one attached hydrogen (secondary N) is 2. The Morgan fingerprint density at radius 1 is 0.914 bits per heavy atom. The van der Waals surface area contributed by atoms with Crippen molar-refractivity contribution < 1.29 is 23.8 Å². The number of benzene rings is 2. The molecule has 35 heavy (non-hydrogen) atoms. The second kappa shape index (κ2) is 11.9. The molecule has 2 amide bonds. The van der Waals surface area contributed by atoms with E-state index in [-0.39, 0.29) is 11.8 Å². The lowest BCUT2D eigenvalue weighted by molar-refractivity contribution is 0.0383. The van der Waals surface area contributed by atoms with Gasteiger partial charge in [0.25, 0.3) is 11.8 Å². The Morgan fingerprint density at radius 3 is 2.26 bits per heavy atom. The quantitative estimate of drug-likeness (QED) is 0.568. The van der Waals surface area contributed by atoms with Crippen LogP contribution in [0.4, 0.5) is 11.4 Å². The van der Waals surface area contributed by atoms with Crippen LogP contribution in [0.15, 0.2) is 36.4 Å². The lowest BCUT2D eigenvalue weighted by Crippen LogP contribution is -2.41. The van der Waals surface area contributed by atoms with E-state index in [9.17, 15) is 9.59 Å². The first kappa shape index (κ1) is 24.8. The lowest BCUT2D eigenvalue weighted by Gasteiger charge is -2.26. The molecule has 2 N–H and O–H groups in total. The predicted octanol–water partition coefficient (Wildman–Crippen LogP) is 2.62. The summed E-state index contributed by atoms with van der Waals surface area (Å²) in [5.41, 5.74) is 2.42. The summed E-state index contributed by atoms with van der Waals surface area (Å²) in [6, 6.07) is 10.5. The normalized spacial score (nSPS) is 16.1. The molecule has 0 atom stereocenters. The van der Waals surface area contributed by atoms with Crippen molar-refractivity contribution in [3.63, 3.8) is 0 Å². The molecular weight excluding hydrogens is 448 g/mol. The number of carbonyl (C=O) groups is 2. The number of rotatable bonds is 9. The monoisotopic (exact) mass is 482 g/mol. The maximum Gasteiger partial charge on any atom is 0.255 e. The average molecular weight is 483 g/mol. The van der Waals surface area contributed by atoms with E-state index in [0.29, 0.717) is 34.9 Å². The van der Waals surface area contributed by atoms with Gasteiger partial charge in [-0.15, -0.1) is 0 Å². The molecule has 2 saturated heterocycles. The van der Waals surface area contributed by atoms with Crippen molar-refractivity contribution in [1.29, 1.82) is 0 Å². The largest absolute Gasteiger partial charge is 0.497 e. The van der Waals surface area contributed by atoms with Gasteiger partial charge in [-0.3, -0.25) is 14.5 Å². The van der Waals surface area contributed by atoms with Gasteiger partial charge >= 0.3 is 0 Å². The number of carbonyl (C=O) groups excluding carboxylic acids is 2. The maximum absolute atomic E-state index is 13.2. The van der Waals surface area contributed by atoms with Crippen LogP contribution in [0.1, 0.15) is 33.6 Å². The maximum atomic E-state index is 13.2. The Labute approximate surface area is 206 Å². The topological polar surface area (TPSA) is 92.4 Å². The molecule has 2 aromatic carbocycles. The number of hydrogen-bond acceptors (Lipinski definition) is 7. The van der Waals surface area contributed by atoms with Gasteiger partial charge in [0, 0.05) is 62.3 Å². The van der Waals surface area contributed by atoms with Crippen molar-refractivity contribution in [2.75, 3.05) is 76.9 Å². The molecule has 0 aliphatic carbocycles. The molecule has 2 heterocycles. The molecule has 0 spiro atoms. The van der Waals surface area contributed by atoms with Crippen LogP contribution in [0.2, 0.25) is 0 Å². The van der Waals surface area contributed by atoms with Crippen molar-refractivity contribution in [3.05, 3.63) is 47.5 Å². The zero-order chi connectivity index (χ0) is 24.6. The smallest absolute Gasteiger partial charge is 0.255 e. The molecule has 2 fully saturated rings. The second-order valence-corrected chi connectivity index (χ2v) is 8.69. The van der Waals surface area contributed by atoms with Crippen LogP contribution < -0.4 is 25.0 Å². The Morgan fingerprint density at radius 2 is 1.60 bits per heavy atom. The van der Waals surface area contributed by atoms with Crippen LogP contribution in [0.25, 0.3) is 0 Å². The highest BCUT2D eigenvalue weighted by Gasteiger charge is 2.21. The van der Waals surface area contributed by atoms with Crippen LogP contribution in [0, 0.1) is 0 Å². The van der Waals surface area contributed by atoms with Crippen molar-refractivity contribution in [2.24, 2.45) is 0 Å². The van der Waals surface area contributed by atoms with E-state index in [1.807, 2.05) is 12.1 Å². The first-order chi connectivity index (χ1) is 17.1. The van der Waals surface area contributed by atoms with Gasteiger partial charge < -0.3 is 29.7 Å². The Hall–Kier alpha value is -3.30. The van der Waals surface area contributed by atoms with Crippen LogP contribution in [-0.4, -0.2) is 83.4 Å². The number of morpholine rings is 1. The summed E-state index contributed by atoms with van der Waals surface area (Å²) in [5, 5.41) is 5.97. The molecule has 0 aromatic heterocycles. The highest BCUT2D eigenvalue weighted by atomic mass is 16.5. The van der Waals surface area contributed by atoms with Crippen molar-refractivity contribution in [1.82, 2.24) is 10.2 Å². The third-order valence-electron chi connectivity index (χ3n) is 6.38. The molecule has 0 radical (unpaired) electrons. The van der Waals surface area contributed by atoms with Crippen molar-refractivity contribution in [3.8, 4) is 11.5 Å². The first-order valence-corrected chi connectivity index (χ1v) is 12.1. The van der Waals surface area contributed by atoms with Crippen molar-refractivity contribution in [2.45, 2.75) is 12.8 Å². The van der Waals surface area contributed by atoms with E-state index >= 15 is 0 Å². The number of amides is 2. The highest BCUT2D eigenvalue weighted by Crippen LogP contribution is 2.28. The van der Waals surface area contributed by atoms with Gasteiger partial charge in [-0.2, -0.15) is 0 Å². The van der Waals surface area contributed by atoms with Gasteiger partial charge in [-0.05, 0) is 43.2 Å². The highest BCUT2D eigenvalue weighted by molar-refractivity contribution is 6.06. The molecule has 188 valence electrons. The summed E-state index contributed by atoms with van der Waals surface area (Å²) >= 11 is 0. The van der Waals surface area contributed by atoms with Crippen LogP contribution in [-0.2, 0) is 4.74 Å². The second-order valence-electron chi connectivity index (χ2n) is 8.69. The molecule has 9 heteroatoms. The number of methoxy groups -OCH3 is 2. The molecule has 2 aromatic rings. The van der Waals surface area contributed by atoms with Gasteiger partial charge in [0.05, 0.1) is 33.0 Å². The van der Waals surface area contributed by atoms with Crippen LogP contribution in [0.5, 0.6) is 11.5 Å². The van der Waals surface area contributed by atoms with E-state index in [1.54, 1.807) is 24.3 Å². The number of ether oxygens (including phenoxy) is 3. The fraction of sp³-hybridized carbons (Fsp3) is 0.462. The van der Waals surface area contributed by atoms with Crippen LogP contribution >= 0.6 is 0 Å². The summed E-state index contributed by atoms with van der Waals surface area (Å²) in [5.74, 6) is 0.604. The Balaban J connectivity index is 1.49. The third kappa shape index (κ3) is 6.43.